The number of benzene rings is 4. The topological polar surface area (TPSA) is 137 Å². The Kier molecular flexibility index (Phi) is 10.6. The smallest absolute Gasteiger partial charge is 0.306 e. The molecular weight excluding hydrogens is 686 g/mol. The molecule has 0 radical (unpaired) electrons. The summed E-state index contributed by atoms with van der Waals surface area (Å²) < 4.78 is 34.4. The number of esters is 1. The van der Waals surface area contributed by atoms with Gasteiger partial charge in [-0.3, -0.25) is 33.4 Å². The van der Waals surface area contributed by atoms with E-state index >= 15 is 0 Å². The van der Waals surface area contributed by atoms with Crippen LogP contribution in [-0.2, 0) is 20.8 Å². The number of halogens is 2. The molecule has 1 N–H and O–H groups in total. The Morgan fingerprint density at radius 2 is 1.45 bits per heavy atom. The highest BCUT2D eigenvalue weighted by Gasteiger charge is 2.37. The molecule has 1 atom stereocenters. The molecule has 0 fully saturated rings. The van der Waals surface area contributed by atoms with Crippen LogP contribution in [0.4, 0.5) is 8.78 Å². The van der Waals surface area contributed by atoms with Gasteiger partial charge in [0.05, 0.1) is 33.8 Å². The van der Waals surface area contributed by atoms with E-state index in [2.05, 4.69) is 5.32 Å². The number of nitrogens with zero attached hydrogens (tertiary/aromatic N) is 3. The van der Waals surface area contributed by atoms with E-state index in [4.69, 9.17) is 14.6 Å². The number of carbonyl (C=O) groups is 4. The molecule has 0 saturated carbocycles. The van der Waals surface area contributed by atoms with E-state index in [-0.39, 0.29) is 53.0 Å². The van der Waals surface area contributed by atoms with E-state index < -0.39 is 46.6 Å². The first kappa shape index (κ1) is 36.7. The lowest BCUT2D eigenvalue weighted by Gasteiger charge is -2.22. The lowest BCUT2D eigenvalue weighted by atomic mass is 10.1. The van der Waals surface area contributed by atoms with Crippen molar-refractivity contribution in [1.82, 2.24) is 19.9 Å². The molecule has 11 nitrogen and oxygen atoms in total. The molecule has 1 aromatic heterocycles. The van der Waals surface area contributed by atoms with Crippen LogP contribution in [0.2, 0.25) is 0 Å². The highest BCUT2D eigenvalue weighted by Crippen LogP contribution is 2.25. The number of rotatable bonds is 12. The molecule has 0 aliphatic carbocycles. The van der Waals surface area contributed by atoms with Crippen molar-refractivity contribution in [3.63, 3.8) is 0 Å². The number of amides is 3. The van der Waals surface area contributed by atoms with Crippen molar-refractivity contribution >= 4 is 34.6 Å². The fourth-order valence-corrected chi connectivity index (χ4v) is 5.93. The highest BCUT2D eigenvalue weighted by atomic mass is 19.1. The molecular formula is C40H36F2N4O7. The van der Waals surface area contributed by atoms with Crippen molar-refractivity contribution < 1.29 is 37.5 Å². The van der Waals surface area contributed by atoms with Crippen LogP contribution in [0.5, 0.6) is 0 Å². The molecule has 272 valence electrons. The van der Waals surface area contributed by atoms with Crippen molar-refractivity contribution in [2.24, 2.45) is 0 Å². The maximum Gasteiger partial charge on any atom is 0.306 e. The summed E-state index contributed by atoms with van der Waals surface area (Å²) in [7, 11) is 0. The first-order valence-electron chi connectivity index (χ1n) is 17.0. The third-order valence-corrected chi connectivity index (χ3v) is 8.44. The average molecular weight is 723 g/mol. The van der Waals surface area contributed by atoms with Gasteiger partial charge in [0.15, 0.2) is 0 Å². The van der Waals surface area contributed by atoms with Gasteiger partial charge in [0.2, 0.25) is 0 Å². The second-order valence-electron chi connectivity index (χ2n) is 13.5. The van der Waals surface area contributed by atoms with E-state index in [0.29, 0.717) is 35.0 Å². The van der Waals surface area contributed by atoms with Crippen LogP contribution in [0, 0.1) is 11.6 Å². The normalized spacial score (nSPS) is 13.3. The Morgan fingerprint density at radius 3 is 2.08 bits per heavy atom. The van der Waals surface area contributed by atoms with Crippen molar-refractivity contribution in [2.75, 3.05) is 6.61 Å². The molecule has 0 saturated heterocycles. The number of hydrogen-bond donors (Lipinski definition) is 1. The average Bonchev–Trinajstić information content (AvgIpc) is 3.36. The van der Waals surface area contributed by atoms with Crippen molar-refractivity contribution in [2.45, 2.75) is 58.1 Å². The van der Waals surface area contributed by atoms with Gasteiger partial charge in [-0.05, 0) is 106 Å². The third kappa shape index (κ3) is 8.36. The lowest BCUT2D eigenvalue weighted by Crippen LogP contribution is -2.37. The number of hydrogen-bond acceptors (Lipinski definition) is 8. The van der Waals surface area contributed by atoms with E-state index in [1.807, 2.05) is 0 Å². The number of carbonyl (C=O) groups excluding carboxylic acids is 4. The molecule has 2 heterocycles. The van der Waals surface area contributed by atoms with Gasteiger partial charge < -0.3 is 10.1 Å². The largest absolute Gasteiger partial charge is 0.460 e. The Morgan fingerprint density at radius 1 is 0.830 bits per heavy atom. The Labute approximate surface area is 303 Å². The molecule has 1 aliphatic rings. The highest BCUT2D eigenvalue weighted by molar-refractivity contribution is 6.20. The first-order chi connectivity index (χ1) is 25.3. The predicted octanol–water partition coefficient (Wildman–Crippen LogP) is 6.42. The number of imide groups is 1. The minimum absolute atomic E-state index is 0.132. The fourth-order valence-electron chi connectivity index (χ4n) is 5.93. The second kappa shape index (κ2) is 15.3. The molecule has 1 unspecified atom stereocenters. The molecule has 53 heavy (non-hydrogen) atoms. The Bertz CT molecular complexity index is 2230. The summed E-state index contributed by atoms with van der Waals surface area (Å²) in [4.78, 5) is 76.1. The minimum atomic E-state index is -0.942. The van der Waals surface area contributed by atoms with Crippen LogP contribution in [0.25, 0.3) is 16.6 Å². The maximum atomic E-state index is 13.9. The maximum absolute atomic E-state index is 13.9. The summed E-state index contributed by atoms with van der Waals surface area (Å²) >= 11 is 0. The molecule has 4 aromatic carbocycles. The first-order valence-corrected chi connectivity index (χ1v) is 17.0. The number of unbranched alkanes of at least 4 members (excludes halogenated alkanes) is 1. The van der Waals surface area contributed by atoms with Crippen LogP contribution in [-0.4, -0.2) is 50.5 Å². The number of ether oxygens (including phenoxy) is 1. The van der Waals surface area contributed by atoms with E-state index in [9.17, 15) is 32.8 Å². The molecule has 0 bridgehead atoms. The summed E-state index contributed by atoms with van der Waals surface area (Å²) in [5.41, 5.74) is 0.509. The Balaban J connectivity index is 1.26. The summed E-state index contributed by atoms with van der Waals surface area (Å²) in [6.07, 6.45) is 1.39. The van der Waals surface area contributed by atoms with Crippen LogP contribution in [0.3, 0.4) is 0 Å². The number of aromatic nitrogens is 2. The SMILES string of the molecule is CC(C)(C)OC(=O)CCCCc1nc2cc(C(=O)NC(CON3C(=O)c4ccccc4C3=O)c3ccc(F)cc3)ccc2c(=O)n1-c1ccc(F)cc1. The van der Waals surface area contributed by atoms with Crippen molar-refractivity contribution in [3.8, 4) is 5.69 Å². The van der Waals surface area contributed by atoms with Gasteiger partial charge in [0.25, 0.3) is 23.3 Å². The molecule has 5 aromatic rings. The lowest BCUT2D eigenvalue weighted by molar-refractivity contribution is -0.154. The van der Waals surface area contributed by atoms with Gasteiger partial charge in [-0.15, -0.1) is 5.06 Å². The zero-order valence-corrected chi connectivity index (χ0v) is 29.2. The zero-order valence-electron chi connectivity index (χ0n) is 29.2. The molecule has 3 amide bonds. The minimum Gasteiger partial charge on any atom is -0.460 e. The third-order valence-electron chi connectivity index (χ3n) is 8.44. The number of hydroxylamine groups is 2. The van der Waals surface area contributed by atoms with E-state index in [1.54, 1.807) is 32.9 Å². The number of fused-ring (bicyclic) bond motifs is 2. The van der Waals surface area contributed by atoms with Gasteiger partial charge in [0.1, 0.15) is 29.7 Å². The zero-order chi connectivity index (χ0) is 37.9. The summed E-state index contributed by atoms with van der Waals surface area (Å²) in [6, 6.07) is 20.4. The number of nitrogens with one attached hydrogen (secondary N) is 1. The fraction of sp³-hybridized carbons (Fsp3) is 0.250. The van der Waals surface area contributed by atoms with E-state index in [1.165, 1.54) is 83.4 Å². The van der Waals surface area contributed by atoms with Crippen molar-refractivity contribution in [1.29, 1.82) is 0 Å². The van der Waals surface area contributed by atoms with E-state index in [0.717, 1.165) is 0 Å². The van der Waals surface area contributed by atoms with Crippen LogP contribution >= 0.6 is 0 Å². The summed E-state index contributed by atoms with van der Waals surface area (Å²) in [6.45, 7) is 5.00. The van der Waals surface area contributed by atoms with Gasteiger partial charge in [-0.25, -0.2) is 13.8 Å². The molecule has 6 rings (SSSR count). The molecule has 1 aliphatic heterocycles. The van der Waals surface area contributed by atoms with Crippen LogP contribution in [0.15, 0.2) is 95.8 Å². The predicted molar refractivity (Wildman–Crippen MR) is 190 cm³/mol. The second-order valence-corrected chi connectivity index (χ2v) is 13.5. The van der Waals surface area contributed by atoms with Gasteiger partial charge in [0, 0.05) is 18.4 Å². The number of aryl methyl sites for hydroxylation is 1. The molecule has 0 spiro atoms. The van der Waals surface area contributed by atoms with Crippen LogP contribution < -0.4 is 10.9 Å². The van der Waals surface area contributed by atoms with Crippen LogP contribution in [0.1, 0.15) is 88.5 Å². The quantitative estimate of drug-likeness (QED) is 0.0886. The van der Waals surface area contributed by atoms with Gasteiger partial charge in [-0.1, -0.05) is 24.3 Å². The monoisotopic (exact) mass is 722 g/mol. The van der Waals surface area contributed by atoms with Crippen molar-refractivity contribution in [3.05, 3.63) is 141 Å². The Hall–Kier alpha value is -6.08. The molecule has 13 heteroatoms. The van der Waals surface area contributed by atoms with Gasteiger partial charge >= 0.3 is 5.97 Å². The summed E-state index contributed by atoms with van der Waals surface area (Å²) in [5, 5.41) is 3.66. The van der Waals surface area contributed by atoms with Gasteiger partial charge in [-0.2, -0.15) is 0 Å². The standard InChI is InChI=1S/C40H36F2N4O7/c1-40(2,3)53-35(47)11-7-6-10-34-43-32-22-25(14-21-31(32)37(49)45(34)28-19-17-27(42)18-20-28)36(48)44-33(24-12-15-26(41)16-13-24)23-52-46-38(50)29-8-4-5-9-30(29)39(46)51/h4-5,8-9,12-22,33H,6-7,10-11,23H2,1-3H3,(H,44,48). The summed E-state index contributed by atoms with van der Waals surface area (Å²) in [5.74, 6) is -2.89.